The first-order valence-corrected chi connectivity index (χ1v) is 3.25. The fraction of sp³-hybridized carbons (Fsp3) is 0.571. The van der Waals surface area contributed by atoms with E-state index in [0.29, 0.717) is 0 Å². The van der Waals surface area contributed by atoms with Gasteiger partial charge in [-0.3, -0.25) is 0 Å². The zero-order valence-corrected chi connectivity index (χ0v) is 6.50. The summed E-state index contributed by atoms with van der Waals surface area (Å²) < 4.78 is 0. The van der Waals surface area contributed by atoms with Crippen LogP contribution in [0.1, 0.15) is 26.6 Å². The lowest BCUT2D eigenvalue weighted by atomic mass is 9.96. The van der Waals surface area contributed by atoms with E-state index in [0.717, 1.165) is 5.82 Å². The standard InChI is InChI=1S/C7H11N3/c1-7(2,3)6-8-4-5-9-10-6/h4-5H,1-3H3. The van der Waals surface area contributed by atoms with Crippen molar-refractivity contribution in [1.82, 2.24) is 15.2 Å². The molecule has 0 atom stereocenters. The molecule has 3 nitrogen and oxygen atoms in total. The summed E-state index contributed by atoms with van der Waals surface area (Å²) in [4.78, 5) is 4.08. The van der Waals surface area contributed by atoms with Gasteiger partial charge in [0.1, 0.15) is 0 Å². The van der Waals surface area contributed by atoms with Crippen LogP contribution in [0.15, 0.2) is 12.4 Å². The van der Waals surface area contributed by atoms with Gasteiger partial charge in [-0.15, -0.1) is 5.10 Å². The van der Waals surface area contributed by atoms with Gasteiger partial charge in [0.05, 0.1) is 6.20 Å². The third-order valence-corrected chi connectivity index (χ3v) is 1.15. The van der Waals surface area contributed by atoms with E-state index in [1.807, 2.05) is 0 Å². The molecule has 0 aliphatic rings. The lowest BCUT2D eigenvalue weighted by molar-refractivity contribution is 0.533. The molecule has 1 aromatic rings. The van der Waals surface area contributed by atoms with Crippen molar-refractivity contribution in [2.45, 2.75) is 26.2 Å². The molecule has 3 heteroatoms. The fourth-order valence-electron chi connectivity index (χ4n) is 0.591. The van der Waals surface area contributed by atoms with Crippen LogP contribution in [0.25, 0.3) is 0 Å². The first kappa shape index (κ1) is 7.12. The van der Waals surface area contributed by atoms with Crippen molar-refractivity contribution in [3.63, 3.8) is 0 Å². The molecule has 0 aliphatic heterocycles. The van der Waals surface area contributed by atoms with E-state index in [-0.39, 0.29) is 5.41 Å². The molecule has 10 heavy (non-hydrogen) atoms. The predicted octanol–water partition coefficient (Wildman–Crippen LogP) is 1.17. The van der Waals surface area contributed by atoms with Crippen molar-refractivity contribution in [2.75, 3.05) is 0 Å². The summed E-state index contributed by atoms with van der Waals surface area (Å²) in [5.41, 5.74) is 0.00819. The largest absolute Gasteiger partial charge is 0.237 e. The molecule has 0 saturated heterocycles. The Labute approximate surface area is 60.5 Å². The summed E-state index contributed by atoms with van der Waals surface area (Å²) in [6, 6.07) is 0. The number of rotatable bonds is 0. The Morgan fingerprint density at radius 3 is 2.20 bits per heavy atom. The van der Waals surface area contributed by atoms with Crippen LogP contribution in [0.5, 0.6) is 0 Å². The summed E-state index contributed by atoms with van der Waals surface area (Å²) in [7, 11) is 0. The lowest BCUT2D eigenvalue weighted by Crippen LogP contribution is -2.15. The summed E-state index contributed by atoms with van der Waals surface area (Å²) in [5, 5.41) is 7.63. The zero-order chi connectivity index (χ0) is 7.61. The van der Waals surface area contributed by atoms with Gasteiger partial charge in [-0.25, -0.2) is 4.98 Å². The van der Waals surface area contributed by atoms with Crippen LogP contribution in [0.2, 0.25) is 0 Å². The van der Waals surface area contributed by atoms with Gasteiger partial charge < -0.3 is 0 Å². The molecule has 0 aromatic carbocycles. The quantitative estimate of drug-likeness (QED) is 0.538. The van der Waals surface area contributed by atoms with Crippen molar-refractivity contribution in [3.8, 4) is 0 Å². The normalized spacial score (nSPS) is 11.5. The van der Waals surface area contributed by atoms with E-state index in [1.165, 1.54) is 0 Å². The average molecular weight is 137 g/mol. The first-order valence-electron chi connectivity index (χ1n) is 3.25. The molecule has 0 bridgehead atoms. The minimum atomic E-state index is 0.00819. The maximum atomic E-state index is 4.08. The Hall–Kier alpha value is -0.990. The van der Waals surface area contributed by atoms with Gasteiger partial charge in [-0.05, 0) is 0 Å². The van der Waals surface area contributed by atoms with Crippen molar-refractivity contribution in [1.29, 1.82) is 0 Å². The van der Waals surface area contributed by atoms with Crippen LogP contribution in [-0.2, 0) is 5.41 Å². The fourth-order valence-corrected chi connectivity index (χ4v) is 0.591. The topological polar surface area (TPSA) is 38.7 Å². The van der Waals surface area contributed by atoms with Gasteiger partial charge in [-0.2, -0.15) is 5.10 Å². The smallest absolute Gasteiger partial charge is 0.156 e. The highest BCUT2D eigenvalue weighted by atomic mass is 15.1. The number of hydrogen-bond acceptors (Lipinski definition) is 3. The summed E-state index contributed by atoms with van der Waals surface area (Å²) in [5.74, 6) is 0.787. The van der Waals surface area contributed by atoms with Gasteiger partial charge in [0.2, 0.25) is 0 Å². The highest BCUT2D eigenvalue weighted by molar-refractivity contribution is 4.97. The van der Waals surface area contributed by atoms with Gasteiger partial charge in [0, 0.05) is 11.6 Å². The van der Waals surface area contributed by atoms with Crippen LogP contribution < -0.4 is 0 Å². The van der Waals surface area contributed by atoms with Gasteiger partial charge in [0.15, 0.2) is 5.82 Å². The molecule has 0 aliphatic carbocycles. The third kappa shape index (κ3) is 1.50. The Bertz CT molecular complexity index is 200. The average Bonchev–Trinajstić information content (AvgIpc) is 1.88. The number of aromatic nitrogens is 3. The minimum absolute atomic E-state index is 0.00819. The molecule has 1 heterocycles. The van der Waals surface area contributed by atoms with Crippen LogP contribution in [0.4, 0.5) is 0 Å². The molecular formula is C7H11N3. The van der Waals surface area contributed by atoms with Crippen LogP contribution in [0, 0.1) is 0 Å². The molecule has 0 fully saturated rings. The molecule has 1 rings (SSSR count). The van der Waals surface area contributed by atoms with Crippen molar-refractivity contribution in [3.05, 3.63) is 18.2 Å². The van der Waals surface area contributed by atoms with E-state index in [4.69, 9.17) is 0 Å². The molecule has 1 aromatic heterocycles. The van der Waals surface area contributed by atoms with Crippen molar-refractivity contribution >= 4 is 0 Å². The van der Waals surface area contributed by atoms with E-state index in [1.54, 1.807) is 12.4 Å². The highest BCUT2D eigenvalue weighted by Crippen LogP contribution is 2.15. The Morgan fingerprint density at radius 1 is 1.20 bits per heavy atom. The Balaban J connectivity index is 2.97. The molecule has 0 radical (unpaired) electrons. The maximum Gasteiger partial charge on any atom is 0.156 e. The van der Waals surface area contributed by atoms with Crippen LogP contribution in [0.3, 0.4) is 0 Å². The Kier molecular flexibility index (Phi) is 1.66. The zero-order valence-electron chi connectivity index (χ0n) is 6.50. The van der Waals surface area contributed by atoms with E-state index in [2.05, 4.69) is 36.0 Å². The summed E-state index contributed by atoms with van der Waals surface area (Å²) in [6.45, 7) is 6.18. The summed E-state index contributed by atoms with van der Waals surface area (Å²) >= 11 is 0. The van der Waals surface area contributed by atoms with Crippen LogP contribution in [-0.4, -0.2) is 15.2 Å². The highest BCUT2D eigenvalue weighted by Gasteiger charge is 2.16. The Morgan fingerprint density at radius 2 is 1.90 bits per heavy atom. The first-order chi connectivity index (χ1) is 4.61. The SMILES string of the molecule is CC(C)(C)c1nccnn1. The molecular weight excluding hydrogens is 126 g/mol. The second-order valence-corrected chi connectivity index (χ2v) is 3.22. The molecule has 0 unspecified atom stereocenters. The number of nitrogens with zero attached hydrogens (tertiary/aromatic N) is 3. The lowest BCUT2D eigenvalue weighted by Gasteiger charge is -2.13. The second kappa shape index (κ2) is 2.33. The molecule has 54 valence electrons. The monoisotopic (exact) mass is 137 g/mol. The van der Waals surface area contributed by atoms with Gasteiger partial charge >= 0.3 is 0 Å². The van der Waals surface area contributed by atoms with Crippen LogP contribution >= 0.6 is 0 Å². The molecule has 0 N–H and O–H groups in total. The van der Waals surface area contributed by atoms with Gasteiger partial charge in [0.25, 0.3) is 0 Å². The van der Waals surface area contributed by atoms with E-state index < -0.39 is 0 Å². The third-order valence-electron chi connectivity index (χ3n) is 1.15. The van der Waals surface area contributed by atoms with Crippen molar-refractivity contribution in [2.24, 2.45) is 0 Å². The van der Waals surface area contributed by atoms with Crippen molar-refractivity contribution < 1.29 is 0 Å². The minimum Gasteiger partial charge on any atom is -0.237 e. The molecule has 0 spiro atoms. The molecule has 0 amide bonds. The van der Waals surface area contributed by atoms with Gasteiger partial charge in [-0.1, -0.05) is 20.8 Å². The van der Waals surface area contributed by atoms with E-state index in [9.17, 15) is 0 Å². The predicted molar refractivity (Wildman–Crippen MR) is 38.5 cm³/mol. The summed E-state index contributed by atoms with van der Waals surface area (Å²) in [6.07, 6.45) is 3.24. The maximum absolute atomic E-state index is 4.08. The number of hydrogen-bond donors (Lipinski definition) is 0. The van der Waals surface area contributed by atoms with E-state index >= 15 is 0 Å². The second-order valence-electron chi connectivity index (χ2n) is 3.22. The molecule has 0 saturated carbocycles.